The van der Waals surface area contributed by atoms with Crippen LogP contribution in [-0.4, -0.2) is 98.0 Å². The minimum atomic E-state index is -0.261. The van der Waals surface area contributed by atoms with Crippen LogP contribution in [0.2, 0.25) is 0 Å². The van der Waals surface area contributed by atoms with Crippen molar-refractivity contribution < 1.29 is 13.9 Å². The molecule has 1 fully saturated rings. The average Bonchev–Trinajstić information content (AvgIpc) is 3.27. The first kappa shape index (κ1) is 23.7. The van der Waals surface area contributed by atoms with E-state index in [9.17, 15) is 9.18 Å². The summed E-state index contributed by atoms with van der Waals surface area (Å²) in [7, 11) is 3.40. The van der Waals surface area contributed by atoms with Crippen molar-refractivity contribution in [3.63, 3.8) is 0 Å². The summed E-state index contributed by atoms with van der Waals surface area (Å²) in [6, 6.07) is 8.22. The molecule has 2 heterocycles. The molecular formula is C22H32FN7O2. The number of rotatable bonds is 9. The summed E-state index contributed by atoms with van der Waals surface area (Å²) in [5, 5.41) is 10.8. The first-order chi connectivity index (χ1) is 15.6. The van der Waals surface area contributed by atoms with Crippen molar-refractivity contribution >= 4 is 11.9 Å². The van der Waals surface area contributed by atoms with Crippen molar-refractivity contribution in [3.05, 3.63) is 48.0 Å². The van der Waals surface area contributed by atoms with Gasteiger partial charge in [0.2, 0.25) is 5.91 Å². The zero-order valence-electron chi connectivity index (χ0n) is 18.8. The molecule has 1 aromatic carbocycles. The summed E-state index contributed by atoms with van der Waals surface area (Å²) in [4.78, 5) is 20.7. The number of hydrogen-bond donors (Lipinski definition) is 2. The van der Waals surface area contributed by atoms with Crippen LogP contribution in [0, 0.1) is 5.82 Å². The Morgan fingerprint density at radius 1 is 1.12 bits per heavy atom. The van der Waals surface area contributed by atoms with Crippen LogP contribution in [0.3, 0.4) is 0 Å². The number of nitrogens with zero attached hydrogens (tertiary/aromatic N) is 5. The minimum Gasteiger partial charge on any atom is -0.383 e. The van der Waals surface area contributed by atoms with Crippen LogP contribution in [-0.2, 0) is 16.0 Å². The Hall–Kier alpha value is -2.98. The van der Waals surface area contributed by atoms with Gasteiger partial charge in [0.05, 0.1) is 24.5 Å². The Balaban J connectivity index is 1.39. The maximum absolute atomic E-state index is 13.1. The predicted octanol–water partition coefficient (Wildman–Crippen LogP) is 0.510. The summed E-state index contributed by atoms with van der Waals surface area (Å²) in [6.07, 6.45) is 2.62. The van der Waals surface area contributed by atoms with E-state index in [1.165, 1.54) is 12.1 Å². The normalized spacial score (nSPS) is 15.1. The van der Waals surface area contributed by atoms with Crippen LogP contribution in [0.1, 0.15) is 5.69 Å². The number of aliphatic imine (C=N–C) groups is 1. The lowest BCUT2D eigenvalue weighted by Gasteiger charge is -2.36. The Labute approximate surface area is 188 Å². The monoisotopic (exact) mass is 445 g/mol. The van der Waals surface area contributed by atoms with Crippen molar-refractivity contribution in [2.45, 2.75) is 6.42 Å². The number of halogens is 1. The Morgan fingerprint density at radius 3 is 2.56 bits per heavy atom. The van der Waals surface area contributed by atoms with Gasteiger partial charge in [-0.15, -0.1) is 0 Å². The molecule has 2 N–H and O–H groups in total. The van der Waals surface area contributed by atoms with Crippen LogP contribution < -0.4 is 10.6 Å². The van der Waals surface area contributed by atoms with E-state index in [1.807, 2.05) is 12.3 Å². The number of carbonyl (C=O) groups is 1. The Bertz CT molecular complexity index is 877. The summed E-state index contributed by atoms with van der Waals surface area (Å²) in [5.41, 5.74) is 1.77. The minimum absolute atomic E-state index is 0.0260. The molecule has 1 aliphatic rings. The van der Waals surface area contributed by atoms with E-state index in [2.05, 4.69) is 30.5 Å². The largest absolute Gasteiger partial charge is 0.383 e. The van der Waals surface area contributed by atoms with Gasteiger partial charge in [-0.3, -0.25) is 14.7 Å². The molecule has 0 spiro atoms. The highest BCUT2D eigenvalue weighted by atomic mass is 19.1. The fraction of sp³-hybridized carbons (Fsp3) is 0.500. The van der Waals surface area contributed by atoms with E-state index in [4.69, 9.17) is 4.74 Å². The molecule has 0 radical (unpaired) electrons. The highest BCUT2D eigenvalue weighted by Crippen LogP contribution is 2.09. The van der Waals surface area contributed by atoms with Crippen LogP contribution >= 0.6 is 0 Å². The second kappa shape index (κ2) is 12.2. The number of methoxy groups -OCH3 is 1. The van der Waals surface area contributed by atoms with Crippen LogP contribution in [0.15, 0.2) is 41.5 Å². The number of hydrogen-bond acceptors (Lipinski definition) is 5. The molecular weight excluding hydrogens is 413 g/mol. The maximum atomic E-state index is 13.1. The SMILES string of the molecule is CN=C(NCCc1ccn(-c2ccc(F)cc2)n1)N1CCN(CC(=O)NCCOC)CC1. The third-order valence-corrected chi connectivity index (χ3v) is 5.28. The number of ether oxygens (including phenoxy) is 1. The van der Waals surface area contributed by atoms with E-state index in [0.29, 0.717) is 26.2 Å². The first-order valence-electron chi connectivity index (χ1n) is 10.8. The molecule has 10 heteroatoms. The van der Waals surface area contributed by atoms with E-state index in [1.54, 1.807) is 31.0 Å². The van der Waals surface area contributed by atoms with E-state index >= 15 is 0 Å². The summed E-state index contributed by atoms with van der Waals surface area (Å²) < 4.78 is 19.8. The van der Waals surface area contributed by atoms with Gasteiger partial charge >= 0.3 is 0 Å². The van der Waals surface area contributed by atoms with Gasteiger partial charge in [0.1, 0.15) is 5.82 Å². The molecule has 9 nitrogen and oxygen atoms in total. The molecule has 0 atom stereocenters. The summed E-state index contributed by atoms with van der Waals surface area (Å²) in [5.74, 6) is 0.619. The van der Waals surface area contributed by atoms with Crippen molar-refractivity contribution in [2.24, 2.45) is 4.99 Å². The maximum Gasteiger partial charge on any atom is 0.234 e. The van der Waals surface area contributed by atoms with Crippen molar-refractivity contribution in [2.75, 3.05) is 66.6 Å². The summed E-state index contributed by atoms with van der Waals surface area (Å²) in [6.45, 7) is 5.40. The standard InChI is InChI=1S/C22H32FN7O2/c1-24-22(29-14-12-28(13-15-29)17-21(31)25-10-16-32-2)26-9-7-19-8-11-30(27-19)20-5-3-18(23)4-6-20/h3-6,8,11H,7,9-10,12-17H2,1-2H3,(H,24,26)(H,25,31). The molecule has 1 saturated heterocycles. The zero-order chi connectivity index (χ0) is 22.8. The lowest BCUT2D eigenvalue weighted by atomic mass is 10.3. The molecule has 0 bridgehead atoms. The number of guanidine groups is 1. The van der Waals surface area contributed by atoms with Crippen LogP contribution in [0.5, 0.6) is 0 Å². The first-order valence-corrected chi connectivity index (χ1v) is 10.8. The number of aromatic nitrogens is 2. The molecule has 0 unspecified atom stereocenters. The smallest absolute Gasteiger partial charge is 0.234 e. The van der Waals surface area contributed by atoms with Gasteiger partial charge in [-0.25, -0.2) is 9.07 Å². The topological polar surface area (TPSA) is 87.0 Å². The van der Waals surface area contributed by atoms with Gasteiger partial charge in [-0.05, 0) is 30.3 Å². The Kier molecular flexibility index (Phi) is 9.00. The highest BCUT2D eigenvalue weighted by Gasteiger charge is 2.21. The van der Waals surface area contributed by atoms with Gasteiger partial charge in [0.15, 0.2) is 5.96 Å². The van der Waals surface area contributed by atoms with Gasteiger partial charge in [0, 0.05) is 66.0 Å². The second-order valence-corrected chi connectivity index (χ2v) is 7.56. The average molecular weight is 446 g/mol. The Morgan fingerprint density at radius 2 is 1.88 bits per heavy atom. The molecule has 1 aromatic heterocycles. The van der Waals surface area contributed by atoms with Crippen LogP contribution in [0.4, 0.5) is 4.39 Å². The zero-order valence-corrected chi connectivity index (χ0v) is 18.8. The van der Waals surface area contributed by atoms with E-state index in [0.717, 1.165) is 49.9 Å². The van der Waals surface area contributed by atoms with Crippen LogP contribution in [0.25, 0.3) is 5.69 Å². The van der Waals surface area contributed by atoms with Gasteiger partial charge in [0.25, 0.3) is 0 Å². The van der Waals surface area contributed by atoms with E-state index < -0.39 is 0 Å². The third kappa shape index (κ3) is 7.03. The molecule has 174 valence electrons. The van der Waals surface area contributed by atoms with Crippen molar-refractivity contribution in [3.8, 4) is 5.69 Å². The predicted molar refractivity (Wildman–Crippen MR) is 121 cm³/mol. The molecule has 0 aliphatic carbocycles. The van der Waals surface area contributed by atoms with Gasteiger partial charge in [-0.1, -0.05) is 0 Å². The third-order valence-electron chi connectivity index (χ3n) is 5.28. The fourth-order valence-electron chi connectivity index (χ4n) is 3.54. The number of carbonyl (C=O) groups excluding carboxylic acids is 1. The molecule has 1 amide bonds. The number of nitrogens with one attached hydrogen (secondary N) is 2. The molecule has 1 aliphatic heterocycles. The fourth-order valence-corrected chi connectivity index (χ4v) is 3.54. The molecule has 2 aromatic rings. The quantitative estimate of drug-likeness (QED) is 0.332. The summed E-state index contributed by atoms with van der Waals surface area (Å²) >= 11 is 0. The molecule has 3 rings (SSSR count). The second-order valence-electron chi connectivity index (χ2n) is 7.56. The number of benzene rings is 1. The molecule has 32 heavy (non-hydrogen) atoms. The van der Waals surface area contributed by atoms with Crippen molar-refractivity contribution in [1.29, 1.82) is 0 Å². The lowest BCUT2D eigenvalue weighted by Crippen LogP contribution is -2.54. The highest BCUT2D eigenvalue weighted by molar-refractivity contribution is 5.80. The van der Waals surface area contributed by atoms with Gasteiger partial charge in [-0.2, -0.15) is 5.10 Å². The van der Waals surface area contributed by atoms with E-state index in [-0.39, 0.29) is 11.7 Å². The number of piperazine rings is 1. The lowest BCUT2D eigenvalue weighted by molar-refractivity contribution is -0.122. The number of amides is 1. The van der Waals surface area contributed by atoms with Gasteiger partial charge < -0.3 is 20.3 Å². The van der Waals surface area contributed by atoms with Crippen molar-refractivity contribution in [1.82, 2.24) is 30.2 Å². The molecule has 0 saturated carbocycles.